The molecule has 2 unspecified atom stereocenters. The first kappa shape index (κ1) is 15.3. The lowest BCUT2D eigenvalue weighted by molar-refractivity contribution is -0.110. The van der Waals surface area contributed by atoms with E-state index in [4.69, 9.17) is 9.47 Å². The number of ether oxygens (including phenoxy) is 2. The number of piperidine rings is 1. The number of rotatable bonds is 4. The summed E-state index contributed by atoms with van der Waals surface area (Å²) in [6.07, 6.45) is 8.57. The van der Waals surface area contributed by atoms with Crippen LogP contribution >= 0.6 is 0 Å². The number of hydrogen-bond donors (Lipinski definition) is 0. The molecule has 0 radical (unpaired) electrons. The number of aromatic nitrogens is 3. The Morgan fingerprint density at radius 2 is 2.25 bits per heavy atom. The fourth-order valence-electron chi connectivity index (χ4n) is 3.82. The van der Waals surface area contributed by atoms with Gasteiger partial charge in [-0.3, -0.25) is 0 Å². The van der Waals surface area contributed by atoms with Crippen molar-refractivity contribution >= 4 is 5.82 Å². The van der Waals surface area contributed by atoms with Gasteiger partial charge in [0, 0.05) is 43.6 Å². The first-order valence-corrected chi connectivity index (χ1v) is 8.52. The molecule has 2 aliphatic rings. The number of pyridine rings is 1. The van der Waals surface area contributed by atoms with E-state index < -0.39 is 0 Å². The zero-order chi connectivity index (χ0) is 16.2. The summed E-state index contributed by atoms with van der Waals surface area (Å²) in [7, 11) is 0. The van der Waals surface area contributed by atoms with Gasteiger partial charge in [-0.25, -0.2) is 15.0 Å². The Kier molecular flexibility index (Phi) is 4.30. The van der Waals surface area contributed by atoms with Gasteiger partial charge < -0.3 is 14.4 Å². The van der Waals surface area contributed by atoms with Crippen LogP contribution in [0, 0.1) is 5.41 Å². The molecule has 2 atom stereocenters. The number of anilines is 1. The van der Waals surface area contributed by atoms with E-state index in [2.05, 4.69) is 19.9 Å². The molecule has 4 rings (SSSR count). The van der Waals surface area contributed by atoms with Crippen molar-refractivity contribution in [2.24, 2.45) is 5.41 Å². The summed E-state index contributed by atoms with van der Waals surface area (Å²) in [6.45, 7) is 3.31. The minimum atomic E-state index is -0.0149. The van der Waals surface area contributed by atoms with E-state index in [1.165, 1.54) is 0 Å². The maximum absolute atomic E-state index is 6.10. The first-order chi connectivity index (χ1) is 11.9. The van der Waals surface area contributed by atoms with Crippen molar-refractivity contribution in [3.63, 3.8) is 0 Å². The van der Waals surface area contributed by atoms with Crippen LogP contribution in [0.15, 0.2) is 43.0 Å². The van der Waals surface area contributed by atoms with E-state index in [-0.39, 0.29) is 11.5 Å². The van der Waals surface area contributed by atoms with Gasteiger partial charge in [0.15, 0.2) is 0 Å². The molecule has 0 aromatic carbocycles. The maximum atomic E-state index is 6.10. The molecule has 0 spiro atoms. The van der Waals surface area contributed by atoms with Gasteiger partial charge in [0.25, 0.3) is 0 Å². The van der Waals surface area contributed by atoms with Crippen LogP contribution in [-0.2, 0) is 4.74 Å². The summed E-state index contributed by atoms with van der Waals surface area (Å²) in [5.74, 6) is 1.65. The zero-order valence-corrected chi connectivity index (χ0v) is 13.7. The van der Waals surface area contributed by atoms with E-state index >= 15 is 0 Å². The number of fused-ring (bicyclic) bond motifs is 1. The fourth-order valence-corrected chi connectivity index (χ4v) is 3.82. The van der Waals surface area contributed by atoms with Gasteiger partial charge in [-0.05, 0) is 31.4 Å². The second-order valence-electron chi connectivity index (χ2n) is 6.56. The lowest BCUT2D eigenvalue weighted by atomic mass is 9.73. The Morgan fingerprint density at radius 3 is 3.08 bits per heavy atom. The SMILES string of the molecule is c1ccc(OCC23CCCOC2CCN(c2ccncn2)C3)nc1. The Bertz CT molecular complexity index is 655. The molecule has 2 fully saturated rings. The summed E-state index contributed by atoms with van der Waals surface area (Å²) < 4.78 is 12.1. The van der Waals surface area contributed by atoms with E-state index in [0.29, 0.717) is 12.5 Å². The summed E-state index contributed by atoms with van der Waals surface area (Å²) >= 11 is 0. The number of hydrogen-bond acceptors (Lipinski definition) is 6. The van der Waals surface area contributed by atoms with E-state index in [9.17, 15) is 0 Å². The molecule has 0 N–H and O–H groups in total. The van der Waals surface area contributed by atoms with Gasteiger partial charge in [-0.2, -0.15) is 0 Å². The highest BCUT2D eigenvalue weighted by Crippen LogP contribution is 2.41. The van der Waals surface area contributed by atoms with Crippen LogP contribution in [0.2, 0.25) is 0 Å². The average molecular weight is 326 g/mol. The largest absolute Gasteiger partial charge is 0.477 e. The highest BCUT2D eigenvalue weighted by Gasteiger charge is 2.47. The van der Waals surface area contributed by atoms with Gasteiger partial charge in [-0.1, -0.05) is 6.07 Å². The highest BCUT2D eigenvalue weighted by atomic mass is 16.5. The average Bonchev–Trinajstić information content (AvgIpc) is 2.67. The second-order valence-corrected chi connectivity index (χ2v) is 6.56. The molecule has 0 bridgehead atoms. The Labute approximate surface area is 141 Å². The molecule has 0 amide bonds. The third-order valence-electron chi connectivity index (χ3n) is 5.02. The van der Waals surface area contributed by atoms with Crippen molar-refractivity contribution in [2.75, 3.05) is 31.2 Å². The normalized spacial score (nSPS) is 26.7. The van der Waals surface area contributed by atoms with Crippen LogP contribution in [-0.4, -0.2) is 47.4 Å². The van der Waals surface area contributed by atoms with Crippen molar-refractivity contribution in [3.05, 3.63) is 43.0 Å². The van der Waals surface area contributed by atoms with Crippen molar-refractivity contribution in [1.29, 1.82) is 0 Å². The summed E-state index contributed by atoms with van der Waals surface area (Å²) in [5.41, 5.74) is -0.0149. The minimum absolute atomic E-state index is 0.0149. The number of nitrogens with zero attached hydrogens (tertiary/aromatic N) is 4. The molecule has 2 aliphatic heterocycles. The lowest BCUT2D eigenvalue weighted by Crippen LogP contribution is -2.57. The molecule has 6 nitrogen and oxygen atoms in total. The van der Waals surface area contributed by atoms with Crippen molar-refractivity contribution in [3.8, 4) is 5.88 Å². The Hall–Kier alpha value is -2.21. The van der Waals surface area contributed by atoms with Crippen LogP contribution < -0.4 is 9.64 Å². The monoisotopic (exact) mass is 326 g/mol. The van der Waals surface area contributed by atoms with Crippen LogP contribution in [0.25, 0.3) is 0 Å². The predicted octanol–water partition coefficient (Wildman–Crippen LogP) is 2.33. The molecular formula is C18H22N4O2. The topological polar surface area (TPSA) is 60.4 Å². The van der Waals surface area contributed by atoms with Gasteiger partial charge >= 0.3 is 0 Å². The molecule has 2 aromatic heterocycles. The van der Waals surface area contributed by atoms with E-state index in [1.807, 2.05) is 24.3 Å². The van der Waals surface area contributed by atoms with Crippen molar-refractivity contribution in [1.82, 2.24) is 15.0 Å². The summed E-state index contributed by atoms with van der Waals surface area (Å²) in [5, 5.41) is 0. The van der Waals surface area contributed by atoms with E-state index in [1.54, 1.807) is 18.7 Å². The first-order valence-electron chi connectivity index (χ1n) is 8.52. The van der Waals surface area contributed by atoms with Gasteiger partial charge in [0.1, 0.15) is 12.1 Å². The molecule has 0 aliphatic carbocycles. The lowest BCUT2D eigenvalue weighted by Gasteiger charge is -2.50. The Morgan fingerprint density at radius 1 is 1.25 bits per heavy atom. The molecule has 6 heteroatoms. The summed E-state index contributed by atoms with van der Waals surface area (Å²) in [4.78, 5) is 15.0. The van der Waals surface area contributed by atoms with Crippen LogP contribution in [0.1, 0.15) is 19.3 Å². The van der Waals surface area contributed by atoms with Gasteiger partial charge in [-0.15, -0.1) is 0 Å². The van der Waals surface area contributed by atoms with Crippen molar-refractivity contribution < 1.29 is 9.47 Å². The van der Waals surface area contributed by atoms with Crippen LogP contribution in [0.5, 0.6) is 5.88 Å². The highest BCUT2D eigenvalue weighted by molar-refractivity contribution is 5.38. The third kappa shape index (κ3) is 3.06. The smallest absolute Gasteiger partial charge is 0.213 e. The van der Waals surface area contributed by atoms with Gasteiger partial charge in [0.2, 0.25) is 5.88 Å². The van der Waals surface area contributed by atoms with Crippen molar-refractivity contribution in [2.45, 2.75) is 25.4 Å². The molecule has 0 saturated carbocycles. The molecular weight excluding hydrogens is 304 g/mol. The van der Waals surface area contributed by atoms with E-state index in [0.717, 1.165) is 44.8 Å². The fraction of sp³-hybridized carbons (Fsp3) is 0.500. The molecule has 2 saturated heterocycles. The predicted molar refractivity (Wildman–Crippen MR) is 90.0 cm³/mol. The van der Waals surface area contributed by atoms with Gasteiger partial charge in [0.05, 0.1) is 12.7 Å². The standard InChI is InChI=1S/C18H22N4O2/c1-2-8-20-17(4-1)24-13-18-7-3-11-23-15(18)6-10-22(12-18)16-5-9-19-14-21-16/h1-2,4-5,8-9,14-15H,3,6-7,10-13H2. The third-order valence-corrected chi connectivity index (χ3v) is 5.02. The molecule has 2 aromatic rings. The summed E-state index contributed by atoms with van der Waals surface area (Å²) in [6, 6.07) is 7.72. The molecule has 4 heterocycles. The Balaban J connectivity index is 1.53. The van der Waals surface area contributed by atoms with Crippen LogP contribution in [0.3, 0.4) is 0 Å². The second kappa shape index (κ2) is 6.73. The maximum Gasteiger partial charge on any atom is 0.213 e. The minimum Gasteiger partial charge on any atom is -0.477 e. The zero-order valence-electron chi connectivity index (χ0n) is 13.7. The quantitative estimate of drug-likeness (QED) is 0.859. The molecule has 24 heavy (non-hydrogen) atoms. The van der Waals surface area contributed by atoms with Crippen LogP contribution in [0.4, 0.5) is 5.82 Å². The molecule has 126 valence electrons.